The van der Waals surface area contributed by atoms with Gasteiger partial charge in [-0.25, -0.2) is 19.2 Å². The van der Waals surface area contributed by atoms with Crippen LogP contribution in [0.5, 0.6) is 0 Å². The van der Waals surface area contributed by atoms with E-state index in [2.05, 4.69) is 4.98 Å². The maximum absolute atomic E-state index is 12.5. The van der Waals surface area contributed by atoms with Gasteiger partial charge in [-0.15, -0.1) is 0 Å². The molecule has 6 heterocycles. The van der Waals surface area contributed by atoms with E-state index in [1.54, 1.807) is 60.9 Å². The Bertz CT molecular complexity index is 2740. The van der Waals surface area contributed by atoms with Gasteiger partial charge in [0.1, 0.15) is 0 Å². The molecule has 344 valence electrons. The van der Waals surface area contributed by atoms with Crippen LogP contribution in [-0.2, 0) is 38.4 Å². The molecule has 0 spiro atoms. The first-order valence-corrected chi connectivity index (χ1v) is 21.8. The zero-order valence-electron chi connectivity index (χ0n) is 39.0. The van der Waals surface area contributed by atoms with Crippen molar-refractivity contribution in [3.8, 4) is 0 Å². The van der Waals surface area contributed by atoms with Crippen LogP contribution >= 0.6 is 0 Å². The number of rotatable bonds is 8. The summed E-state index contributed by atoms with van der Waals surface area (Å²) in [4.78, 5) is 74.7. The van der Waals surface area contributed by atoms with Gasteiger partial charge >= 0.3 is 23.9 Å². The monoisotopic (exact) mass is 987 g/mol. The molecule has 0 aliphatic carbocycles. The van der Waals surface area contributed by atoms with E-state index in [9.17, 15) is 19.2 Å². The number of nitrogens with zero attached hydrogens (tertiary/aromatic N) is 5. The SMILES string of the molecule is COC(=O)c1ccc([C+]2c3ccc([n-]3)[C+](c3ccc(C(=O)OC)cc3)c3ccc([n-]3)[C+](c3ccc(C(=O)OC)cc3)c3ccc([n-]3)[C+](c3ccc(C(=O)OC)cc3)c3ccc2[n-]3)cc1.[Zn].c1ccncc1. The molecule has 0 amide bonds. The molecule has 13 nitrogen and oxygen atoms in total. The van der Waals surface area contributed by atoms with Gasteiger partial charge in [0, 0.05) is 153 Å². The van der Waals surface area contributed by atoms with Gasteiger partial charge in [-0.3, -0.25) is 4.98 Å². The zero-order chi connectivity index (χ0) is 48.7. The van der Waals surface area contributed by atoms with E-state index in [1.807, 2.05) is 115 Å². The minimum absolute atomic E-state index is 0. The molecule has 4 aromatic carbocycles. The summed E-state index contributed by atoms with van der Waals surface area (Å²) in [6.45, 7) is 0. The molecule has 9 aromatic rings. The van der Waals surface area contributed by atoms with Crippen LogP contribution in [0.1, 0.15) is 109 Å². The van der Waals surface area contributed by atoms with Crippen molar-refractivity contribution in [2.75, 3.05) is 28.4 Å². The minimum Gasteiger partial charge on any atom is -0.628 e. The third-order valence-electron chi connectivity index (χ3n) is 11.6. The van der Waals surface area contributed by atoms with Crippen molar-refractivity contribution in [3.05, 3.63) is 290 Å². The van der Waals surface area contributed by atoms with Crippen LogP contribution in [0, 0.1) is 23.7 Å². The maximum Gasteiger partial charge on any atom is 0.339 e. The van der Waals surface area contributed by atoms with Crippen LogP contribution < -0.4 is 19.9 Å². The minimum atomic E-state index is -0.464. The molecule has 71 heavy (non-hydrogen) atoms. The Morgan fingerprint density at radius 3 is 0.662 bits per heavy atom. The first-order valence-electron chi connectivity index (χ1n) is 21.8. The van der Waals surface area contributed by atoms with Crippen molar-refractivity contribution in [2.45, 2.75) is 0 Å². The summed E-state index contributed by atoms with van der Waals surface area (Å²) in [5, 5.41) is 0. The van der Waals surface area contributed by atoms with Gasteiger partial charge in [0.05, 0.1) is 72.9 Å². The van der Waals surface area contributed by atoms with Crippen LogP contribution in [0.25, 0.3) is 0 Å². The fourth-order valence-electron chi connectivity index (χ4n) is 8.15. The van der Waals surface area contributed by atoms with Gasteiger partial charge < -0.3 is 38.9 Å². The van der Waals surface area contributed by atoms with E-state index in [1.165, 1.54) is 28.4 Å². The number of pyridine rings is 1. The fraction of sp³-hybridized carbons (Fsp3) is 0.0702. The number of esters is 4. The summed E-state index contributed by atoms with van der Waals surface area (Å²) in [5.74, 6) is 0.921. The molecule has 14 heteroatoms. The van der Waals surface area contributed by atoms with Gasteiger partial charge in [-0.1, -0.05) is 6.07 Å². The van der Waals surface area contributed by atoms with E-state index in [0.29, 0.717) is 91.5 Å². The van der Waals surface area contributed by atoms with Gasteiger partial charge in [0.15, 0.2) is 0 Å². The van der Waals surface area contributed by atoms with Gasteiger partial charge in [0.2, 0.25) is 0 Å². The first-order chi connectivity index (χ1) is 34.2. The topological polar surface area (TPSA) is 174 Å². The average Bonchev–Trinajstić information content (AvgIpc) is 4.28. The van der Waals surface area contributed by atoms with Crippen molar-refractivity contribution in [3.63, 3.8) is 0 Å². The molecular weight excluding hydrogens is 948 g/mol. The van der Waals surface area contributed by atoms with Crippen LogP contribution in [0.3, 0.4) is 0 Å². The van der Waals surface area contributed by atoms with Gasteiger partial charge in [-0.05, 0) is 106 Å². The fourth-order valence-corrected chi connectivity index (χ4v) is 8.15. The Morgan fingerprint density at radius 2 is 0.521 bits per heavy atom. The summed E-state index contributed by atoms with van der Waals surface area (Å²) < 4.78 is 19.9. The molecule has 5 aromatic heterocycles. The largest absolute Gasteiger partial charge is 0.628 e. The van der Waals surface area contributed by atoms with Crippen molar-refractivity contribution >= 4 is 23.9 Å². The predicted molar refractivity (Wildman–Crippen MR) is 257 cm³/mol. The number of aromatic nitrogens is 5. The van der Waals surface area contributed by atoms with Crippen molar-refractivity contribution in [1.82, 2.24) is 24.9 Å². The molecule has 0 fully saturated rings. The number of benzene rings is 4. The molecule has 8 bridgehead atoms. The zero-order valence-corrected chi connectivity index (χ0v) is 41.9. The van der Waals surface area contributed by atoms with Crippen molar-refractivity contribution in [2.24, 2.45) is 0 Å². The molecule has 10 rings (SSSR count). The summed E-state index contributed by atoms with van der Waals surface area (Å²) in [6, 6.07) is 49.3. The second kappa shape index (κ2) is 21.6. The van der Waals surface area contributed by atoms with Crippen LogP contribution in [0.2, 0.25) is 0 Å². The van der Waals surface area contributed by atoms with E-state index in [-0.39, 0.29) is 19.5 Å². The van der Waals surface area contributed by atoms with E-state index in [0.717, 1.165) is 22.3 Å². The third-order valence-corrected chi connectivity index (χ3v) is 11.6. The van der Waals surface area contributed by atoms with E-state index < -0.39 is 23.9 Å². The number of fused-ring (bicyclic) bond motifs is 8. The Morgan fingerprint density at radius 1 is 0.324 bits per heavy atom. The number of carbonyl (C=O) groups excluding carboxylic acids is 4. The Kier molecular flexibility index (Phi) is 14.8. The molecule has 0 atom stereocenters. The van der Waals surface area contributed by atoms with Crippen LogP contribution in [0.15, 0.2) is 176 Å². The van der Waals surface area contributed by atoms with Crippen LogP contribution in [-0.4, -0.2) is 57.3 Å². The third kappa shape index (κ3) is 10.1. The molecule has 0 saturated heterocycles. The van der Waals surface area contributed by atoms with Gasteiger partial charge in [0.25, 0.3) is 0 Å². The molecule has 0 saturated carbocycles. The number of ether oxygens (including phenoxy) is 4. The summed E-state index contributed by atoms with van der Waals surface area (Å²) in [6.07, 6.45) is 3.50. The maximum atomic E-state index is 12.5. The Balaban J connectivity index is 0.000000899. The molecule has 1 aliphatic heterocycles. The van der Waals surface area contributed by atoms with Crippen molar-refractivity contribution in [1.29, 1.82) is 0 Å². The Hall–Kier alpha value is -8.87. The van der Waals surface area contributed by atoms with E-state index >= 15 is 0 Å². The number of hydrogen-bond donors (Lipinski definition) is 0. The van der Waals surface area contributed by atoms with E-state index in [4.69, 9.17) is 38.9 Å². The second-order valence-electron chi connectivity index (χ2n) is 15.7. The van der Waals surface area contributed by atoms with Gasteiger partial charge in [-0.2, -0.15) is 0 Å². The summed E-state index contributed by atoms with van der Waals surface area (Å²) in [7, 11) is 5.35. The second-order valence-corrected chi connectivity index (χ2v) is 15.7. The number of hydrogen-bond acceptors (Lipinski definition) is 9. The average molecular weight is 989 g/mol. The summed E-state index contributed by atoms with van der Waals surface area (Å²) in [5.41, 5.74) is 9.33. The smallest absolute Gasteiger partial charge is 0.339 e. The summed E-state index contributed by atoms with van der Waals surface area (Å²) >= 11 is 0. The van der Waals surface area contributed by atoms with Crippen molar-refractivity contribution < 1.29 is 57.6 Å². The normalized spacial score (nSPS) is 11.7. The quantitative estimate of drug-likeness (QED) is 0.0619. The molecule has 0 N–H and O–H groups in total. The Labute approximate surface area is 422 Å². The standard InChI is InChI=1S/C52H36N4O8.C5H5N.Zn/c1-61-49(57)33-13-5-29(6-14-33)45-37-21-23-39(53-37)46(30-7-15-34(16-8-30)50(58)62-2)41-25-27-43(55-41)48(32-11-19-36(20-12-32)52(60)64-4)44-28-26-42(56-44)47(40-24-22-38(45)54-40)31-9-17-35(18-10-31)51(59)63-3;1-2-4-6-5-3-1;/h5-28H,1-4H3;1-5H;. The molecule has 0 unspecified atom stereocenters. The number of carbonyl (C=O) groups is 4. The van der Waals surface area contributed by atoms with Crippen LogP contribution in [0.4, 0.5) is 0 Å². The molecule has 0 radical (unpaired) electrons. The first kappa shape index (κ1) is 48.6. The number of methoxy groups -OCH3 is 4. The molecule has 1 aliphatic rings. The predicted octanol–water partition coefficient (Wildman–Crippen LogP) is 8.13. The molecular formula is C57H41N5O8Zn.